The normalized spacial score (nSPS) is 16.5. The fourth-order valence-electron chi connectivity index (χ4n) is 3.91. The summed E-state index contributed by atoms with van der Waals surface area (Å²) in [6.07, 6.45) is 5.80. The molecule has 0 saturated carbocycles. The largest absolute Gasteiger partial charge is 0.376 e. The number of nitrogens with one attached hydrogen (secondary N) is 1. The minimum Gasteiger partial charge on any atom is -0.376 e. The van der Waals surface area contributed by atoms with Gasteiger partial charge in [0.1, 0.15) is 0 Å². The summed E-state index contributed by atoms with van der Waals surface area (Å²) in [4.78, 5) is 12.3. The highest BCUT2D eigenvalue weighted by molar-refractivity contribution is 5.85. The maximum atomic E-state index is 12.3. The van der Waals surface area contributed by atoms with Gasteiger partial charge in [0, 0.05) is 43.2 Å². The second-order valence-electron chi connectivity index (χ2n) is 7.72. The van der Waals surface area contributed by atoms with Gasteiger partial charge in [-0.2, -0.15) is 0 Å². The van der Waals surface area contributed by atoms with E-state index in [9.17, 15) is 4.79 Å². The molecule has 1 fully saturated rings. The molecule has 2 aromatic carbocycles. The fraction of sp³-hybridized carbons (Fsp3) is 0.375. The van der Waals surface area contributed by atoms with Gasteiger partial charge in [-0.05, 0) is 43.4 Å². The smallest absolute Gasteiger partial charge is 0.220 e. The Morgan fingerprint density at radius 1 is 1.18 bits per heavy atom. The van der Waals surface area contributed by atoms with E-state index in [1.165, 1.54) is 27.6 Å². The molecule has 1 amide bonds. The van der Waals surface area contributed by atoms with E-state index < -0.39 is 0 Å². The highest BCUT2D eigenvalue weighted by atomic mass is 16.5. The first-order chi connectivity index (χ1) is 13.7. The van der Waals surface area contributed by atoms with E-state index in [1.807, 2.05) is 0 Å². The van der Waals surface area contributed by atoms with Crippen LogP contribution in [0.25, 0.3) is 10.9 Å². The Morgan fingerprint density at radius 2 is 2.00 bits per heavy atom. The van der Waals surface area contributed by atoms with Crippen molar-refractivity contribution in [1.82, 2.24) is 9.88 Å². The molecule has 0 radical (unpaired) electrons. The molecule has 0 spiro atoms. The summed E-state index contributed by atoms with van der Waals surface area (Å²) in [5.74, 6) is 0.103. The number of fused-ring (bicyclic) bond motifs is 1. The lowest BCUT2D eigenvalue weighted by Gasteiger charge is -2.10. The van der Waals surface area contributed by atoms with E-state index in [-0.39, 0.29) is 12.0 Å². The number of hydrogen-bond acceptors (Lipinski definition) is 2. The van der Waals surface area contributed by atoms with Crippen molar-refractivity contribution in [2.45, 2.75) is 45.3 Å². The van der Waals surface area contributed by atoms with Crippen LogP contribution < -0.4 is 5.32 Å². The van der Waals surface area contributed by atoms with Crippen LogP contribution >= 0.6 is 0 Å². The van der Waals surface area contributed by atoms with Gasteiger partial charge in [0.2, 0.25) is 5.91 Å². The van der Waals surface area contributed by atoms with E-state index in [0.717, 1.165) is 32.4 Å². The zero-order chi connectivity index (χ0) is 19.3. The van der Waals surface area contributed by atoms with Crippen molar-refractivity contribution in [3.8, 4) is 0 Å². The summed E-state index contributed by atoms with van der Waals surface area (Å²) >= 11 is 0. The molecule has 1 aliphatic heterocycles. The lowest BCUT2D eigenvalue weighted by Crippen LogP contribution is -2.31. The van der Waals surface area contributed by atoms with Crippen LogP contribution in [0.1, 0.15) is 36.0 Å². The summed E-state index contributed by atoms with van der Waals surface area (Å²) in [6, 6.07) is 17.1. The van der Waals surface area contributed by atoms with Crippen LogP contribution in [-0.4, -0.2) is 29.7 Å². The van der Waals surface area contributed by atoms with E-state index in [4.69, 9.17) is 4.74 Å². The molecule has 4 rings (SSSR count). The number of aromatic nitrogens is 1. The third-order valence-corrected chi connectivity index (χ3v) is 5.52. The SMILES string of the molecule is Cc1ccc(Cn2cc(CCC(=O)NC[C@H]3CCCO3)c3ccccc32)cc1. The number of rotatable bonds is 7. The number of aryl methyl sites for hydroxylation is 2. The topological polar surface area (TPSA) is 43.3 Å². The Labute approximate surface area is 166 Å². The van der Waals surface area contributed by atoms with Crippen molar-refractivity contribution in [3.05, 3.63) is 71.4 Å². The fourth-order valence-corrected chi connectivity index (χ4v) is 3.91. The number of carbonyl (C=O) groups is 1. The van der Waals surface area contributed by atoms with Crippen molar-refractivity contribution in [3.63, 3.8) is 0 Å². The zero-order valence-corrected chi connectivity index (χ0v) is 16.5. The molecular formula is C24H28N2O2. The van der Waals surface area contributed by atoms with Gasteiger partial charge in [0.15, 0.2) is 0 Å². The van der Waals surface area contributed by atoms with Gasteiger partial charge in [0.25, 0.3) is 0 Å². The average Bonchev–Trinajstić information content (AvgIpc) is 3.35. The van der Waals surface area contributed by atoms with Crippen LogP contribution in [0.3, 0.4) is 0 Å². The molecule has 1 N–H and O–H groups in total. The Balaban J connectivity index is 1.43. The van der Waals surface area contributed by atoms with Crippen molar-refractivity contribution >= 4 is 16.8 Å². The predicted octanol–water partition coefficient (Wildman–Crippen LogP) is 4.23. The summed E-state index contributed by atoms with van der Waals surface area (Å²) in [5.41, 5.74) is 5.01. The van der Waals surface area contributed by atoms with Gasteiger partial charge in [-0.25, -0.2) is 0 Å². The number of amides is 1. The maximum Gasteiger partial charge on any atom is 0.220 e. The van der Waals surface area contributed by atoms with Crippen LogP contribution in [-0.2, 0) is 22.5 Å². The van der Waals surface area contributed by atoms with E-state index in [2.05, 4.69) is 71.5 Å². The molecule has 0 unspecified atom stereocenters. The van der Waals surface area contributed by atoms with Crippen molar-refractivity contribution in [2.75, 3.05) is 13.2 Å². The minimum absolute atomic E-state index is 0.103. The van der Waals surface area contributed by atoms with Crippen molar-refractivity contribution < 1.29 is 9.53 Å². The predicted molar refractivity (Wildman–Crippen MR) is 113 cm³/mol. The van der Waals surface area contributed by atoms with Gasteiger partial charge < -0.3 is 14.6 Å². The zero-order valence-electron chi connectivity index (χ0n) is 16.5. The molecule has 28 heavy (non-hydrogen) atoms. The first kappa shape index (κ1) is 18.8. The third kappa shape index (κ3) is 4.45. The summed E-state index contributed by atoms with van der Waals surface area (Å²) < 4.78 is 7.86. The highest BCUT2D eigenvalue weighted by Crippen LogP contribution is 2.24. The molecule has 4 nitrogen and oxygen atoms in total. The highest BCUT2D eigenvalue weighted by Gasteiger charge is 2.16. The third-order valence-electron chi connectivity index (χ3n) is 5.52. The Bertz CT molecular complexity index is 937. The molecule has 3 aromatic rings. The number of para-hydroxylation sites is 1. The standard InChI is InChI=1S/C24H28N2O2/c1-18-8-10-19(11-9-18)16-26-17-20(22-6-2-3-7-23(22)26)12-13-24(27)25-15-21-5-4-14-28-21/h2-3,6-11,17,21H,4-5,12-16H2,1H3,(H,25,27)/t21-/m1/s1. The molecule has 146 valence electrons. The molecule has 4 heteroatoms. The number of carbonyl (C=O) groups excluding carboxylic acids is 1. The van der Waals surface area contributed by atoms with Gasteiger partial charge in [-0.1, -0.05) is 48.0 Å². The van der Waals surface area contributed by atoms with Crippen LogP contribution in [0.4, 0.5) is 0 Å². The first-order valence-electron chi connectivity index (χ1n) is 10.2. The Morgan fingerprint density at radius 3 is 2.79 bits per heavy atom. The van der Waals surface area contributed by atoms with Crippen LogP contribution in [0.5, 0.6) is 0 Å². The lowest BCUT2D eigenvalue weighted by atomic mass is 10.1. The molecule has 1 atom stereocenters. The van der Waals surface area contributed by atoms with Gasteiger partial charge in [-0.3, -0.25) is 4.79 Å². The maximum absolute atomic E-state index is 12.3. The summed E-state index contributed by atoms with van der Waals surface area (Å²) in [7, 11) is 0. The minimum atomic E-state index is 0.103. The average molecular weight is 377 g/mol. The molecule has 0 bridgehead atoms. The molecular weight excluding hydrogens is 348 g/mol. The molecule has 1 saturated heterocycles. The molecule has 1 aromatic heterocycles. The van der Waals surface area contributed by atoms with Crippen LogP contribution in [0, 0.1) is 6.92 Å². The Hall–Kier alpha value is -2.59. The van der Waals surface area contributed by atoms with Crippen LogP contribution in [0.2, 0.25) is 0 Å². The van der Waals surface area contributed by atoms with Gasteiger partial charge in [-0.15, -0.1) is 0 Å². The van der Waals surface area contributed by atoms with Gasteiger partial charge in [0.05, 0.1) is 6.10 Å². The van der Waals surface area contributed by atoms with E-state index >= 15 is 0 Å². The van der Waals surface area contributed by atoms with Crippen molar-refractivity contribution in [2.24, 2.45) is 0 Å². The molecule has 2 heterocycles. The number of nitrogens with zero attached hydrogens (tertiary/aromatic N) is 1. The van der Waals surface area contributed by atoms with E-state index in [1.54, 1.807) is 0 Å². The quantitative estimate of drug-likeness (QED) is 0.671. The summed E-state index contributed by atoms with van der Waals surface area (Å²) in [5, 5.41) is 4.26. The molecule has 0 aliphatic carbocycles. The molecule has 1 aliphatic rings. The van der Waals surface area contributed by atoms with Crippen LogP contribution in [0.15, 0.2) is 54.7 Å². The Kier molecular flexibility index (Phi) is 5.77. The lowest BCUT2D eigenvalue weighted by molar-refractivity contribution is -0.121. The second-order valence-corrected chi connectivity index (χ2v) is 7.72. The van der Waals surface area contributed by atoms with Crippen molar-refractivity contribution in [1.29, 1.82) is 0 Å². The first-order valence-corrected chi connectivity index (χ1v) is 10.2. The second kappa shape index (κ2) is 8.61. The number of hydrogen-bond donors (Lipinski definition) is 1. The van der Waals surface area contributed by atoms with E-state index in [0.29, 0.717) is 13.0 Å². The monoisotopic (exact) mass is 376 g/mol. The number of benzene rings is 2. The van der Waals surface area contributed by atoms with Gasteiger partial charge >= 0.3 is 0 Å². The number of ether oxygens (including phenoxy) is 1. The summed E-state index contributed by atoms with van der Waals surface area (Å²) in [6.45, 7) is 4.40.